The lowest BCUT2D eigenvalue weighted by Gasteiger charge is -2.27. The fourth-order valence-corrected chi connectivity index (χ4v) is 3.20. The molecule has 2 heterocycles. The van der Waals surface area contributed by atoms with E-state index in [0.717, 1.165) is 57.5 Å². The molecule has 5 nitrogen and oxygen atoms in total. The molecule has 1 aromatic heterocycles. The summed E-state index contributed by atoms with van der Waals surface area (Å²) in [5.41, 5.74) is 1.31. The Hall–Kier alpha value is -1.17. The zero-order chi connectivity index (χ0) is 17.5. The molecule has 0 bridgehead atoms. The van der Waals surface area contributed by atoms with Crippen molar-refractivity contribution in [1.82, 2.24) is 10.3 Å². The molecule has 3 atom stereocenters. The Morgan fingerprint density at radius 1 is 1.24 bits per heavy atom. The van der Waals surface area contributed by atoms with E-state index in [2.05, 4.69) is 30.2 Å². The van der Waals surface area contributed by atoms with Crippen LogP contribution < -0.4 is 10.1 Å². The van der Waals surface area contributed by atoms with Crippen LogP contribution in [0.4, 0.5) is 0 Å². The molecule has 0 amide bonds. The smallest absolute Gasteiger partial charge is 0.137 e. The van der Waals surface area contributed by atoms with Gasteiger partial charge in [0.2, 0.25) is 0 Å². The molecule has 1 aromatic rings. The SMILES string of the molecule is CC(C)OCCCOCC[C@H]1C[C@@H]1c1cncc(OC[C@@H]2CCN2)c1. The number of ether oxygens (including phenoxy) is 3. The van der Waals surface area contributed by atoms with E-state index < -0.39 is 0 Å². The number of nitrogens with one attached hydrogen (secondary N) is 1. The van der Waals surface area contributed by atoms with Crippen molar-refractivity contribution in [3.63, 3.8) is 0 Å². The second-order valence-electron chi connectivity index (χ2n) is 7.48. The summed E-state index contributed by atoms with van der Waals surface area (Å²) in [6.07, 6.45) is 8.69. The Labute approximate surface area is 151 Å². The fraction of sp³-hybridized carbons (Fsp3) is 0.750. The summed E-state index contributed by atoms with van der Waals surface area (Å²) in [7, 11) is 0. The second kappa shape index (κ2) is 9.51. The highest BCUT2D eigenvalue weighted by Gasteiger charge is 2.38. The first-order valence-corrected chi connectivity index (χ1v) is 9.73. The summed E-state index contributed by atoms with van der Waals surface area (Å²) >= 11 is 0. The van der Waals surface area contributed by atoms with Crippen LogP contribution in [0.25, 0.3) is 0 Å². The third kappa shape index (κ3) is 6.24. The third-order valence-electron chi connectivity index (χ3n) is 4.98. The molecule has 1 N–H and O–H groups in total. The van der Waals surface area contributed by atoms with E-state index in [0.29, 0.717) is 18.1 Å². The van der Waals surface area contributed by atoms with Gasteiger partial charge in [-0.1, -0.05) is 0 Å². The van der Waals surface area contributed by atoms with Gasteiger partial charge in [0, 0.05) is 32.1 Å². The molecule has 140 valence electrons. The van der Waals surface area contributed by atoms with Gasteiger partial charge in [0.15, 0.2) is 0 Å². The van der Waals surface area contributed by atoms with E-state index in [1.165, 1.54) is 18.4 Å². The molecule has 25 heavy (non-hydrogen) atoms. The van der Waals surface area contributed by atoms with Crippen LogP contribution in [0, 0.1) is 5.92 Å². The largest absolute Gasteiger partial charge is 0.490 e. The zero-order valence-electron chi connectivity index (χ0n) is 15.6. The predicted molar refractivity (Wildman–Crippen MR) is 98.1 cm³/mol. The predicted octanol–water partition coefficient (Wildman–Crippen LogP) is 3.15. The first-order valence-electron chi connectivity index (χ1n) is 9.73. The van der Waals surface area contributed by atoms with Crippen molar-refractivity contribution in [2.75, 3.05) is 33.0 Å². The lowest BCUT2D eigenvalue weighted by molar-refractivity contribution is 0.0502. The molecule has 0 unspecified atom stereocenters. The van der Waals surface area contributed by atoms with Crippen molar-refractivity contribution in [2.45, 2.75) is 57.6 Å². The van der Waals surface area contributed by atoms with Gasteiger partial charge in [0.25, 0.3) is 0 Å². The highest BCUT2D eigenvalue weighted by Crippen LogP contribution is 2.49. The number of hydrogen-bond donors (Lipinski definition) is 1. The maximum atomic E-state index is 5.86. The van der Waals surface area contributed by atoms with Gasteiger partial charge in [0.05, 0.1) is 12.3 Å². The van der Waals surface area contributed by atoms with Gasteiger partial charge in [-0.05, 0) is 69.5 Å². The Morgan fingerprint density at radius 2 is 2.12 bits per heavy atom. The average Bonchev–Trinajstić information content (AvgIpc) is 3.32. The van der Waals surface area contributed by atoms with Crippen LogP contribution in [0.5, 0.6) is 5.75 Å². The van der Waals surface area contributed by atoms with Crippen molar-refractivity contribution in [1.29, 1.82) is 0 Å². The maximum Gasteiger partial charge on any atom is 0.137 e. The van der Waals surface area contributed by atoms with Gasteiger partial charge in [-0.25, -0.2) is 0 Å². The van der Waals surface area contributed by atoms with Crippen molar-refractivity contribution in [2.24, 2.45) is 5.92 Å². The molecule has 2 aliphatic rings. The third-order valence-corrected chi connectivity index (χ3v) is 4.98. The molecule has 1 saturated carbocycles. The summed E-state index contributed by atoms with van der Waals surface area (Å²) in [4.78, 5) is 4.36. The number of pyridine rings is 1. The van der Waals surface area contributed by atoms with Crippen molar-refractivity contribution < 1.29 is 14.2 Å². The minimum atomic E-state index is 0.311. The van der Waals surface area contributed by atoms with Crippen LogP contribution >= 0.6 is 0 Å². The molecule has 0 aromatic carbocycles. The van der Waals surface area contributed by atoms with Crippen molar-refractivity contribution in [3.05, 3.63) is 24.0 Å². The molecule has 3 rings (SSSR count). The Bertz CT molecular complexity index is 519. The number of nitrogens with zero attached hydrogens (tertiary/aromatic N) is 1. The first-order chi connectivity index (χ1) is 12.2. The summed E-state index contributed by atoms with van der Waals surface area (Å²) in [6.45, 7) is 8.42. The topological polar surface area (TPSA) is 52.6 Å². The highest BCUT2D eigenvalue weighted by atomic mass is 16.5. The number of aromatic nitrogens is 1. The van der Waals surface area contributed by atoms with Crippen molar-refractivity contribution in [3.8, 4) is 5.75 Å². The minimum Gasteiger partial charge on any atom is -0.490 e. The summed E-state index contributed by atoms with van der Waals surface area (Å²) in [6, 6.07) is 2.68. The molecule has 1 saturated heterocycles. The van der Waals surface area contributed by atoms with Crippen LogP contribution in [0.2, 0.25) is 0 Å². The number of hydrogen-bond acceptors (Lipinski definition) is 5. The standard InChI is InChI=1S/C20H32N2O3/c1-15(2)24-8-3-7-23-9-5-16-11-20(16)17-10-19(13-21-12-17)25-14-18-4-6-22-18/h10,12-13,15-16,18,20,22H,3-9,11,14H2,1-2H3/t16-,18-,20-/m0/s1. The van der Waals surface area contributed by atoms with E-state index in [4.69, 9.17) is 14.2 Å². The first kappa shape index (κ1) is 18.6. The van der Waals surface area contributed by atoms with Crippen LogP contribution in [0.15, 0.2) is 18.5 Å². The highest BCUT2D eigenvalue weighted by molar-refractivity contribution is 5.30. The Balaban J connectivity index is 1.29. The van der Waals surface area contributed by atoms with Gasteiger partial charge < -0.3 is 19.5 Å². The van der Waals surface area contributed by atoms with E-state index in [1.54, 1.807) is 0 Å². The monoisotopic (exact) mass is 348 g/mol. The van der Waals surface area contributed by atoms with Crippen molar-refractivity contribution >= 4 is 0 Å². The van der Waals surface area contributed by atoms with Gasteiger partial charge >= 0.3 is 0 Å². The fourth-order valence-electron chi connectivity index (χ4n) is 3.20. The van der Waals surface area contributed by atoms with Gasteiger partial charge in [-0.15, -0.1) is 0 Å². The Morgan fingerprint density at radius 3 is 2.88 bits per heavy atom. The molecule has 0 radical (unpaired) electrons. The summed E-state index contributed by atoms with van der Waals surface area (Å²) in [5, 5.41) is 3.35. The van der Waals surface area contributed by atoms with Gasteiger partial charge in [-0.3, -0.25) is 4.98 Å². The van der Waals surface area contributed by atoms with Crippen LogP contribution in [0.3, 0.4) is 0 Å². The summed E-state index contributed by atoms with van der Waals surface area (Å²) in [5.74, 6) is 2.27. The van der Waals surface area contributed by atoms with E-state index in [-0.39, 0.29) is 0 Å². The normalized spacial score (nSPS) is 25.0. The molecule has 2 fully saturated rings. The molecular formula is C20H32N2O3. The lowest BCUT2D eigenvalue weighted by atomic mass is 10.1. The number of rotatable bonds is 12. The van der Waals surface area contributed by atoms with E-state index >= 15 is 0 Å². The zero-order valence-corrected chi connectivity index (χ0v) is 15.6. The van der Waals surface area contributed by atoms with Crippen LogP contribution in [0.1, 0.15) is 51.0 Å². The molecule has 1 aliphatic carbocycles. The molecule has 0 spiro atoms. The molecule has 5 heteroatoms. The van der Waals surface area contributed by atoms with Gasteiger partial charge in [0.1, 0.15) is 12.4 Å². The van der Waals surface area contributed by atoms with Gasteiger partial charge in [-0.2, -0.15) is 0 Å². The minimum absolute atomic E-state index is 0.311. The van der Waals surface area contributed by atoms with E-state index in [9.17, 15) is 0 Å². The van der Waals surface area contributed by atoms with Crippen LogP contribution in [-0.2, 0) is 9.47 Å². The molecular weight excluding hydrogens is 316 g/mol. The summed E-state index contributed by atoms with van der Waals surface area (Å²) < 4.78 is 17.1. The lowest BCUT2D eigenvalue weighted by Crippen LogP contribution is -2.46. The maximum absolute atomic E-state index is 5.86. The van der Waals surface area contributed by atoms with Crippen LogP contribution in [-0.4, -0.2) is 50.1 Å². The molecule has 1 aliphatic heterocycles. The average molecular weight is 348 g/mol. The van der Waals surface area contributed by atoms with E-state index in [1.807, 2.05) is 12.4 Å². The Kier molecular flexibility index (Phi) is 7.08. The second-order valence-corrected chi connectivity index (χ2v) is 7.48. The quantitative estimate of drug-likeness (QED) is 0.588.